The molecular formula is C14H17ClN2O. The van der Waals surface area contributed by atoms with Crippen molar-refractivity contribution in [1.82, 2.24) is 10.2 Å². The average molecular weight is 265 g/mol. The van der Waals surface area contributed by atoms with Crippen molar-refractivity contribution in [3.63, 3.8) is 0 Å². The normalized spacial score (nSPS) is 15.9. The highest BCUT2D eigenvalue weighted by Gasteiger charge is 2.06. The zero-order valence-corrected chi connectivity index (χ0v) is 11.3. The van der Waals surface area contributed by atoms with Crippen molar-refractivity contribution in [1.29, 1.82) is 0 Å². The molecule has 18 heavy (non-hydrogen) atoms. The number of hydrogen-bond donors (Lipinski definition) is 1. The second-order valence-corrected chi connectivity index (χ2v) is 4.58. The molecule has 4 heteroatoms. The van der Waals surface area contributed by atoms with Crippen LogP contribution >= 0.6 is 11.6 Å². The summed E-state index contributed by atoms with van der Waals surface area (Å²) in [5.74, 6) is 7.00. The van der Waals surface area contributed by atoms with Gasteiger partial charge in [0.15, 0.2) is 0 Å². The van der Waals surface area contributed by atoms with Gasteiger partial charge in [-0.3, -0.25) is 4.90 Å². The zero-order valence-electron chi connectivity index (χ0n) is 10.5. The van der Waals surface area contributed by atoms with Gasteiger partial charge in [-0.05, 0) is 18.2 Å². The maximum absolute atomic E-state index is 6.05. The van der Waals surface area contributed by atoms with E-state index in [1.54, 1.807) is 7.11 Å². The zero-order chi connectivity index (χ0) is 12.8. The van der Waals surface area contributed by atoms with Gasteiger partial charge in [0.1, 0.15) is 5.75 Å². The Morgan fingerprint density at radius 2 is 2.17 bits per heavy atom. The van der Waals surface area contributed by atoms with E-state index in [9.17, 15) is 0 Å². The quantitative estimate of drug-likeness (QED) is 0.822. The van der Waals surface area contributed by atoms with Gasteiger partial charge in [0.2, 0.25) is 0 Å². The first-order chi connectivity index (χ1) is 8.79. The standard InChI is InChI=1S/C14H17ClN2O/c1-18-14-5-4-12(11-13(14)15)3-2-8-17-9-6-16-7-10-17/h4-5,11,16H,6-10H2,1H3. The van der Waals surface area contributed by atoms with Crippen LogP contribution in [0.25, 0.3) is 0 Å². The molecule has 1 aliphatic heterocycles. The molecule has 0 amide bonds. The molecule has 1 fully saturated rings. The molecule has 0 aliphatic carbocycles. The van der Waals surface area contributed by atoms with Gasteiger partial charge >= 0.3 is 0 Å². The summed E-state index contributed by atoms with van der Waals surface area (Å²) in [6.07, 6.45) is 0. The van der Waals surface area contributed by atoms with Crippen molar-refractivity contribution in [2.24, 2.45) is 0 Å². The number of halogens is 1. The molecule has 0 aromatic heterocycles. The molecule has 0 atom stereocenters. The van der Waals surface area contributed by atoms with E-state index in [4.69, 9.17) is 16.3 Å². The number of rotatable bonds is 2. The van der Waals surface area contributed by atoms with Crippen LogP contribution in [-0.2, 0) is 0 Å². The lowest BCUT2D eigenvalue weighted by atomic mass is 10.2. The van der Waals surface area contributed by atoms with Gasteiger partial charge in [-0.15, -0.1) is 0 Å². The van der Waals surface area contributed by atoms with Gasteiger partial charge in [-0.25, -0.2) is 0 Å². The summed E-state index contributed by atoms with van der Waals surface area (Å²) in [7, 11) is 1.61. The predicted molar refractivity (Wildman–Crippen MR) is 74.2 cm³/mol. The number of nitrogens with one attached hydrogen (secondary N) is 1. The van der Waals surface area contributed by atoms with Crippen LogP contribution in [0, 0.1) is 11.8 Å². The van der Waals surface area contributed by atoms with Crippen LogP contribution in [-0.4, -0.2) is 44.7 Å². The Labute approximate surface area is 113 Å². The van der Waals surface area contributed by atoms with Gasteiger partial charge in [-0.2, -0.15) is 0 Å². The number of methoxy groups -OCH3 is 1. The summed E-state index contributed by atoms with van der Waals surface area (Å²) in [5, 5.41) is 3.92. The predicted octanol–water partition coefficient (Wildman–Crippen LogP) is 1.61. The summed E-state index contributed by atoms with van der Waals surface area (Å²) < 4.78 is 5.10. The molecular weight excluding hydrogens is 248 g/mol. The van der Waals surface area contributed by atoms with Crippen molar-refractivity contribution in [3.05, 3.63) is 28.8 Å². The largest absolute Gasteiger partial charge is 0.495 e. The number of benzene rings is 1. The maximum atomic E-state index is 6.05. The summed E-state index contributed by atoms with van der Waals surface area (Å²) in [4.78, 5) is 2.34. The highest BCUT2D eigenvalue weighted by molar-refractivity contribution is 6.32. The molecule has 1 saturated heterocycles. The third-order valence-corrected chi connectivity index (χ3v) is 3.19. The molecule has 1 heterocycles. The van der Waals surface area contributed by atoms with Crippen LogP contribution in [0.15, 0.2) is 18.2 Å². The third-order valence-electron chi connectivity index (χ3n) is 2.90. The van der Waals surface area contributed by atoms with Crippen LogP contribution in [0.4, 0.5) is 0 Å². The van der Waals surface area contributed by atoms with Gasteiger partial charge in [-0.1, -0.05) is 23.4 Å². The third kappa shape index (κ3) is 3.64. The Kier molecular flexibility index (Phi) is 4.89. The van der Waals surface area contributed by atoms with Crippen LogP contribution < -0.4 is 10.1 Å². The Morgan fingerprint density at radius 1 is 1.39 bits per heavy atom. The number of hydrogen-bond acceptors (Lipinski definition) is 3. The van der Waals surface area contributed by atoms with Crippen molar-refractivity contribution >= 4 is 11.6 Å². The van der Waals surface area contributed by atoms with Crippen LogP contribution in [0.2, 0.25) is 5.02 Å². The van der Waals surface area contributed by atoms with Gasteiger partial charge in [0.25, 0.3) is 0 Å². The van der Waals surface area contributed by atoms with E-state index in [0.29, 0.717) is 10.8 Å². The van der Waals surface area contributed by atoms with E-state index < -0.39 is 0 Å². The molecule has 3 nitrogen and oxygen atoms in total. The molecule has 0 radical (unpaired) electrons. The monoisotopic (exact) mass is 264 g/mol. The Bertz CT molecular complexity index is 459. The molecule has 1 N–H and O–H groups in total. The first-order valence-corrected chi connectivity index (χ1v) is 6.43. The molecule has 96 valence electrons. The molecule has 0 unspecified atom stereocenters. The Morgan fingerprint density at radius 3 is 2.83 bits per heavy atom. The van der Waals surface area contributed by atoms with E-state index in [1.807, 2.05) is 18.2 Å². The second-order valence-electron chi connectivity index (χ2n) is 4.18. The van der Waals surface area contributed by atoms with E-state index in [-0.39, 0.29) is 0 Å². The van der Waals surface area contributed by atoms with E-state index in [1.165, 1.54) is 0 Å². The van der Waals surface area contributed by atoms with Crippen molar-refractivity contribution < 1.29 is 4.74 Å². The number of nitrogens with zero attached hydrogens (tertiary/aromatic N) is 1. The number of piperazine rings is 1. The van der Waals surface area contributed by atoms with Crippen molar-refractivity contribution in [3.8, 4) is 17.6 Å². The molecule has 0 bridgehead atoms. The average Bonchev–Trinajstić information content (AvgIpc) is 2.40. The van der Waals surface area contributed by atoms with Crippen molar-refractivity contribution in [2.75, 3.05) is 39.8 Å². The summed E-state index contributed by atoms with van der Waals surface area (Å²) >= 11 is 6.05. The number of ether oxygens (including phenoxy) is 1. The maximum Gasteiger partial charge on any atom is 0.137 e. The highest BCUT2D eigenvalue weighted by Crippen LogP contribution is 2.24. The van der Waals surface area contributed by atoms with Crippen LogP contribution in [0.1, 0.15) is 5.56 Å². The topological polar surface area (TPSA) is 24.5 Å². The summed E-state index contributed by atoms with van der Waals surface area (Å²) in [6.45, 7) is 5.05. The minimum absolute atomic E-state index is 0.603. The minimum Gasteiger partial charge on any atom is -0.495 e. The lowest BCUT2D eigenvalue weighted by Gasteiger charge is -2.24. The van der Waals surface area contributed by atoms with E-state index in [0.717, 1.165) is 38.3 Å². The SMILES string of the molecule is COc1ccc(C#CCN2CCNCC2)cc1Cl. The molecule has 1 aliphatic rings. The fraction of sp³-hybridized carbons (Fsp3) is 0.429. The lowest BCUT2D eigenvalue weighted by molar-refractivity contribution is 0.268. The van der Waals surface area contributed by atoms with Crippen molar-refractivity contribution in [2.45, 2.75) is 0 Å². The molecule has 0 spiro atoms. The lowest BCUT2D eigenvalue weighted by Crippen LogP contribution is -2.43. The first kappa shape index (κ1) is 13.2. The fourth-order valence-electron chi connectivity index (χ4n) is 1.87. The van der Waals surface area contributed by atoms with Gasteiger partial charge in [0.05, 0.1) is 18.7 Å². The highest BCUT2D eigenvalue weighted by atomic mass is 35.5. The van der Waals surface area contributed by atoms with E-state index >= 15 is 0 Å². The van der Waals surface area contributed by atoms with E-state index in [2.05, 4.69) is 22.1 Å². The van der Waals surface area contributed by atoms with Gasteiger partial charge < -0.3 is 10.1 Å². The Balaban J connectivity index is 1.94. The second kappa shape index (κ2) is 6.65. The molecule has 0 saturated carbocycles. The summed E-state index contributed by atoms with van der Waals surface area (Å²) in [6, 6.07) is 5.61. The van der Waals surface area contributed by atoms with Crippen LogP contribution in [0.3, 0.4) is 0 Å². The Hall–Kier alpha value is -1.21. The molecule has 2 rings (SSSR count). The van der Waals surface area contributed by atoms with Gasteiger partial charge in [0, 0.05) is 31.7 Å². The fourth-order valence-corrected chi connectivity index (χ4v) is 2.12. The molecule has 1 aromatic carbocycles. The van der Waals surface area contributed by atoms with Crippen LogP contribution in [0.5, 0.6) is 5.75 Å². The first-order valence-electron chi connectivity index (χ1n) is 6.05. The smallest absolute Gasteiger partial charge is 0.137 e. The summed E-state index contributed by atoms with van der Waals surface area (Å²) in [5.41, 5.74) is 0.927. The minimum atomic E-state index is 0.603. The molecule has 1 aromatic rings.